The Morgan fingerprint density at radius 2 is 1.83 bits per heavy atom. The van der Waals surface area contributed by atoms with Crippen molar-refractivity contribution in [2.45, 2.75) is 26.8 Å². The van der Waals surface area contributed by atoms with Crippen LogP contribution in [0.5, 0.6) is 0 Å². The van der Waals surface area contributed by atoms with Gasteiger partial charge < -0.3 is 15.7 Å². The minimum atomic E-state index is 0.227. The maximum Gasteiger partial charge on any atom is 0.0555 e. The fraction of sp³-hybridized carbons (Fsp3) is 1.00. The molecule has 0 saturated carbocycles. The summed E-state index contributed by atoms with van der Waals surface area (Å²) in [7, 11) is 0. The van der Waals surface area contributed by atoms with Gasteiger partial charge in [0.1, 0.15) is 0 Å². The molecule has 74 valence electrons. The molecule has 0 aliphatic heterocycles. The molecule has 3 heteroatoms. The van der Waals surface area contributed by atoms with Crippen LogP contribution < -0.4 is 10.6 Å². The molecule has 0 aliphatic carbocycles. The molecule has 0 bridgehead atoms. The van der Waals surface area contributed by atoms with Gasteiger partial charge in [-0.15, -0.1) is 0 Å². The largest absolute Gasteiger partial charge is 0.395 e. The number of nitrogens with one attached hydrogen (secondary N) is 2. The van der Waals surface area contributed by atoms with Crippen molar-refractivity contribution in [1.29, 1.82) is 0 Å². The zero-order chi connectivity index (χ0) is 9.40. The van der Waals surface area contributed by atoms with Gasteiger partial charge in [-0.3, -0.25) is 0 Å². The molecule has 1 unspecified atom stereocenters. The average Bonchev–Trinajstić information content (AvgIpc) is 2.01. The second-order valence-electron chi connectivity index (χ2n) is 3.60. The van der Waals surface area contributed by atoms with Gasteiger partial charge in [0, 0.05) is 12.6 Å². The third-order valence-electron chi connectivity index (χ3n) is 1.66. The van der Waals surface area contributed by atoms with Crippen molar-refractivity contribution in [2.75, 3.05) is 26.2 Å². The van der Waals surface area contributed by atoms with Crippen molar-refractivity contribution >= 4 is 0 Å². The second kappa shape index (κ2) is 7.53. The monoisotopic (exact) mass is 174 g/mol. The third kappa shape index (κ3) is 7.98. The molecule has 12 heavy (non-hydrogen) atoms. The predicted molar refractivity (Wildman–Crippen MR) is 52.3 cm³/mol. The smallest absolute Gasteiger partial charge is 0.0555 e. The number of rotatable bonds is 7. The molecule has 0 aromatic heterocycles. The Balaban J connectivity index is 3.15. The van der Waals surface area contributed by atoms with Crippen molar-refractivity contribution in [3.05, 3.63) is 0 Å². The summed E-state index contributed by atoms with van der Waals surface area (Å²) < 4.78 is 0. The highest BCUT2D eigenvalue weighted by Gasteiger charge is 2.01. The van der Waals surface area contributed by atoms with Crippen molar-refractivity contribution in [3.63, 3.8) is 0 Å². The number of aliphatic hydroxyl groups is 1. The standard InChI is InChI=1S/C9H22N2O/c1-8(2)11-7-9(3)6-10-4-5-12/h8-12H,4-7H2,1-3H3. The van der Waals surface area contributed by atoms with Crippen LogP contribution in [0.1, 0.15) is 20.8 Å². The lowest BCUT2D eigenvalue weighted by Crippen LogP contribution is -2.33. The number of hydrogen-bond donors (Lipinski definition) is 3. The Bertz CT molecular complexity index is 96.5. The summed E-state index contributed by atoms with van der Waals surface area (Å²) in [6, 6.07) is 0.560. The van der Waals surface area contributed by atoms with E-state index in [9.17, 15) is 0 Å². The van der Waals surface area contributed by atoms with E-state index >= 15 is 0 Å². The first-order valence-corrected chi connectivity index (χ1v) is 4.71. The Hall–Kier alpha value is -0.120. The van der Waals surface area contributed by atoms with Gasteiger partial charge in [-0.05, 0) is 19.0 Å². The predicted octanol–water partition coefficient (Wildman–Crippen LogP) is 0.202. The SMILES string of the molecule is CC(CNCCO)CNC(C)C. The Morgan fingerprint density at radius 1 is 1.17 bits per heavy atom. The Morgan fingerprint density at radius 3 is 2.33 bits per heavy atom. The van der Waals surface area contributed by atoms with Gasteiger partial charge in [0.15, 0.2) is 0 Å². The summed E-state index contributed by atoms with van der Waals surface area (Å²) >= 11 is 0. The van der Waals surface area contributed by atoms with Crippen LogP contribution in [0.2, 0.25) is 0 Å². The van der Waals surface area contributed by atoms with E-state index in [1.165, 1.54) is 0 Å². The molecule has 0 fully saturated rings. The lowest BCUT2D eigenvalue weighted by Gasteiger charge is -2.14. The molecular weight excluding hydrogens is 152 g/mol. The van der Waals surface area contributed by atoms with Gasteiger partial charge in [-0.2, -0.15) is 0 Å². The Kier molecular flexibility index (Phi) is 7.45. The van der Waals surface area contributed by atoms with E-state index in [-0.39, 0.29) is 6.61 Å². The highest BCUT2D eigenvalue weighted by molar-refractivity contribution is 4.62. The number of aliphatic hydroxyl groups excluding tert-OH is 1. The quantitative estimate of drug-likeness (QED) is 0.483. The molecule has 0 aromatic carbocycles. The van der Waals surface area contributed by atoms with Crippen LogP contribution in [-0.4, -0.2) is 37.4 Å². The first-order chi connectivity index (χ1) is 5.66. The minimum Gasteiger partial charge on any atom is -0.395 e. The van der Waals surface area contributed by atoms with Crippen LogP contribution in [-0.2, 0) is 0 Å². The van der Waals surface area contributed by atoms with Gasteiger partial charge in [0.2, 0.25) is 0 Å². The highest BCUT2D eigenvalue weighted by atomic mass is 16.3. The molecule has 3 N–H and O–H groups in total. The molecule has 0 amide bonds. The summed E-state index contributed by atoms with van der Waals surface area (Å²) in [5.74, 6) is 0.624. The van der Waals surface area contributed by atoms with Crippen LogP contribution in [0.3, 0.4) is 0 Å². The molecule has 3 nitrogen and oxygen atoms in total. The minimum absolute atomic E-state index is 0.227. The number of hydrogen-bond acceptors (Lipinski definition) is 3. The van der Waals surface area contributed by atoms with E-state index in [2.05, 4.69) is 31.4 Å². The van der Waals surface area contributed by atoms with Crippen LogP contribution in [0.15, 0.2) is 0 Å². The van der Waals surface area contributed by atoms with Gasteiger partial charge >= 0.3 is 0 Å². The van der Waals surface area contributed by atoms with Crippen LogP contribution in [0, 0.1) is 5.92 Å². The second-order valence-corrected chi connectivity index (χ2v) is 3.60. The normalized spacial score (nSPS) is 13.8. The van der Waals surface area contributed by atoms with E-state index < -0.39 is 0 Å². The topological polar surface area (TPSA) is 44.3 Å². The fourth-order valence-electron chi connectivity index (χ4n) is 0.937. The summed E-state index contributed by atoms with van der Waals surface area (Å²) in [5.41, 5.74) is 0. The van der Waals surface area contributed by atoms with Gasteiger partial charge in [-0.1, -0.05) is 20.8 Å². The molecule has 0 spiro atoms. The van der Waals surface area contributed by atoms with Gasteiger partial charge in [0.05, 0.1) is 6.61 Å². The van der Waals surface area contributed by atoms with E-state index in [1.807, 2.05) is 0 Å². The lowest BCUT2D eigenvalue weighted by atomic mass is 10.1. The molecule has 0 radical (unpaired) electrons. The van der Waals surface area contributed by atoms with Gasteiger partial charge in [-0.25, -0.2) is 0 Å². The van der Waals surface area contributed by atoms with Crippen molar-refractivity contribution in [3.8, 4) is 0 Å². The lowest BCUT2D eigenvalue weighted by molar-refractivity contribution is 0.288. The summed E-state index contributed by atoms with van der Waals surface area (Å²) in [5, 5.41) is 15.1. The molecule has 0 heterocycles. The van der Waals surface area contributed by atoms with E-state index in [4.69, 9.17) is 5.11 Å². The molecule has 0 aliphatic rings. The summed E-state index contributed by atoms with van der Waals surface area (Å²) in [6.45, 7) is 9.42. The Labute approximate surface area is 75.6 Å². The van der Waals surface area contributed by atoms with Crippen LogP contribution in [0.25, 0.3) is 0 Å². The zero-order valence-corrected chi connectivity index (χ0v) is 8.43. The van der Waals surface area contributed by atoms with Crippen molar-refractivity contribution in [2.24, 2.45) is 5.92 Å². The summed E-state index contributed by atoms with van der Waals surface area (Å²) in [4.78, 5) is 0. The van der Waals surface area contributed by atoms with Crippen molar-refractivity contribution in [1.82, 2.24) is 10.6 Å². The molecule has 1 atom stereocenters. The van der Waals surface area contributed by atoms with Crippen LogP contribution in [0.4, 0.5) is 0 Å². The van der Waals surface area contributed by atoms with Crippen molar-refractivity contribution < 1.29 is 5.11 Å². The van der Waals surface area contributed by atoms with E-state index in [0.717, 1.165) is 13.1 Å². The third-order valence-corrected chi connectivity index (χ3v) is 1.66. The molecule has 0 aromatic rings. The van der Waals surface area contributed by atoms with Gasteiger partial charge in [0.25, 0.3) is 0 Å². The molecule has 0 saturated heterocycles. The maximum absolute atomic E-state index is 8.52. The maximum atomic E-state index is 8.52. The first kappa shape index (κ1) is 11.9. The fourth-order valence-corrected chi connectivity index (χ4v) is 0.937. The van der Waals surface area contributed by atoms with E-state index in [0.29, 0.717) is 18.5 Å². The van der Waals surface area contributed by atoms with Crippen LogP contribution >= 0.6 is 0 Å². The zero-order valence-electron chi connectivity index (χ0n) is 8.43. The average molecular weight is 174 g/mol. The van der Waals surface area contributed by atoms with E-state index in [1.54, 1.807) is 0 Å². The highest BCUT2D eigenvalue weighted by Crippen LogP contribution is 1.90. The summed E-state index contributed by atoms with van der Waals surface area (Å²) in [6.07, 6.45) is 0. The molecule has 0 rings (SSSR count). The molecular formula is C9H22N2O. The first-order valence-electron chi connectivity index (χ1n) is 4.71.